The van der Waals surface area contributed by atoms with E-state index < -0.39 is 5.91 Å². The Labute approximate surface area is 162 Å². The summed E-state index contributed by atoms with van der Waals surface area (Å²) in [7, 11) is 1.53. The van der Waals surface area contributed by atoms with Gasteiger partial charge in [0.05, 0.1) is 38.0 Å². The Bertz CT molecular complexity index is 974. The number of pyridine rings is 1. The average Bonchev–Trinajstić information content (AvgIpc) is 2.75. The van der Waals surface area contributed by atoms with Gasteiger partial charge in [-0.1, -0.05) is 0 Å². The van der Waals surface area contributed by atoms with Gasteiger partial charge >= 0.3 is 0 Å². The summed E-state index contributed by atoms with van der Waals surface area (Å²) in [5, 5.41) is 3.94. The number of nitrogens with one attached hydrogen (secondary N) is 1. The quantitative estimate of drug-likeness (QED) is 0.502. The van der Waals surface area contributed by atoms with Crippen LogP contribution in [0.15, 0.2) is 60.1 Å². The van der Waals surface area contributed by atoms with Crippen LogP contribution in [0.5, 0.6) is 11.6 Å². The molecule has 0 aliphatic heterocycles. The van der Waals surface area contributed by atoms with Gasteiger partial charge < -0.3 is 9.47 Å². The van der Waals surface area contributed by atoms with Crippen molar-refractivity contribution >= 4 is 12.1 Å². The summed E-state index contributed by atoms with van der Waals surface area (Å²) in [6.07, 6.45) is 6.07. The molecule has 0 saturated heterocycles. The molecule has 0 aliphatic carbocycles. The standard InChI is InChI=1S/C20H19N5O3/c1-3-28-16-6-4-15(5-7-16)17-12-21-13-18(24-17)20(26)25-23-11-14-8-9-22-19(10-14)27-2/h4-13H,3H2,1-2H3,(H,25,26)/b23-11+. The van der Waals surface area contributed by atoms with Gasteiger partial charge in [-0.15, -0.1) is 0 Å². The summed E-state index contributed by atoms with van der Waals surface area (Å²) in [5.74, 6) is 0.775. The average molecular weight is 377 g/mol. The Balaban J connectivity index is 1.68. The molecule has 3 rings (SSSR count). The zero-order valence-corrected chi connectivity index (χ0v) is 15.5. The highest BCUT2D eigenvalue weighted by Crippen LogP contribution is 2.20. The molecule has 2 aromatic heterocycles. The van der Waals surface area contributed by atoms with E-state index >= 15 is 0 Å². The second kappa shape index (κ2) is 9.22. The lowest BCUT2D eigenvalue weighted by Crippen LogP contribution is -2.19. The van der Waals surface area contributed by atoms with Crippen molar-refractivity contribution in [2.24, 2.45) is 5.10 Å². The number of hydrazone groups is 1. The van der Waals surface area contributed by atoms with Gasteiger partial charge in [-0.2, -0.15) is 5.10 Å². The first-order valence-electron chi connectivity index (χ1n) is 8.58. The van der Waals surface area contributed by atoms with Crippen LogP contribution in [-0.4, -0.2) is 40.8 Å². The molecule has 0 fully saturated rings. The molecule has 8 heteroatoms. The van der Waals surface area contributed by atoms with Gasteiger partial charge in [-0.3, -0.25) is 9.78 Å². The lowest BCUT2D eigenvalue weighted by molar-refractivity contribution is 0.0950. The van der Waals surface area contributed by atoms with Crippen molar-refractivity contribution in [1.29, 1.82) is 0 Å². The first-order valence-corrected chi connectivity index (χ1v) is 8.58. The van der Waals surface area contributed by atoms with E-state index in [4.69, 9.17) is 9.47 Å². The number of aromatic nitrogens is 3. The molecule has 0 spiro atoms. The molecular weight excluding hydrogens is 358 g/mol. The van der Waals surface area contributed by atoms with Crippen LogP contribution in [0.2, 0.25) is 0 Å². The third-order valence-corrected chi connectivity index (χ3v) is 3.68. The molecule has 0 bridgehead atoms. The number of carbonyl (C=O) groups excluding carboxylic acids is 1. The van der Waals surface area contributed by atoms with E-state index in [2.05, 4.69) is 25.5 Å². The normalized spacial score (nSPS) is 10.6. The molecule has 3 aromatic rings. The van der Waals surface area contributed by atoms with Gasteiger partial charge in [-0.25, -0.2) is 15.4 Å². The maximum atomic E-state index is 12.3. The maximum Gasteiger partial charge on any atom is 0.291 e. The first-order chi connectivity index (χ1) is 13.7. The zero-order valence-electron chi connectivity index (χ0n) is 15.5. The van der Waals surface area contributed by atoms with Crippen molar-refractivity contribution < 1.29 is 14.3 Å². The summed E-state index contributed by atoms with van der Waals surface area (Å²) in [6.45, 7) is 2.52. The van der Waals surface area contributed by atoms with E-state index in [1.54, 1.807) is 24.5 Å². The van der Waals surface area contributed by atoms with Crippen molar-refractivity contribution in [1.82, 2.24) is 20.4 Å². The largest absolute Gasteiger partial charge is 0.494 e. The number of carbonyl (C=O) groups is 1. The molecule has 1 amide bonds. The topological polar surface area (TPSA) is 98.6 Å². The number of ether oxygens (including phenoxy) is 2. The summed E-state index contributed by atoms with van der Waals surface area (Å²) >= 11 is 0. The molecule has 0 unspecified atom stereocenters. The molecule has 142 valence electrons. The molecule has 1 aromatic carbocycles. The molecule has 2 heterocycles. The number of benzene rings is 1. The molecular formula is C20H19N5O3. The SMILES string of the molecule is CCOc1ccc(-c2cncc(C(=O)N/N=C/c3ccnc(OC)c3)n2)cc1. The third kappa shape index (κ3) is 4.88. The van der Waals surface area contributed by atoms with Gasteiger partial charge in [0.2, 0.25) is 5.88 Å². The fraction of sp³-hybridized carbons (Fsp3) is 0.150. The van der Waals surface area contributed by atoms with Gasteiger partial charge in [0.25, 0.3) is 5.91 Å². The van der Waals surface area contributed by atoms with Gasteiger partial charge in [0.15, 0.2) is 0 Å². The molecule has 0 saturated carbocycles. The number of methoxy groups -OCH3 is 1. The van der Waals surface area contributed by atoms with Crippen LogP contribution in [0.25, 0.3) is 11.3 Å². The summed E-state index contributed by atoms with van der Waals surface area (Å²) < 4.78 is 10.5. The fourth-order valence-electron chi connectivity index (χ4n) is 2.34. The van der Waals surface area contributed by atoms with Crippen LogP contribution >= 0.6 is 0 Å². The Hall–Kier alpha value is -3.81. The lowest BCUT2D eigenvalue weighted by atomic mass is 10.1. The minimum absolute atomic E-state index is 0.163. The van der Waals surface area contributed by atoms with Crippen LogP contribution < -0.4 is 14.9 Å². The smallest absolute Gasteiger partial charge is 0.291 e. The lowest BCUT2D eigenvalue weighted by Gasteiger charge is -2.05. The molecule has 0 radical (unpaired) electrons. The van der Waals surface area contributed by atoms with Gasteiger partial charge in [0, 0.05) is 23.4 Å². The van der Waals surface area contributed by atoms with Crippen LogP contribution in [0, 0.1) is 0 Å². The van der Waals surface area contributed by atoms with Crippen molar-refractivity contribution in [3.8, 4) is 22.9 Å². The van der Waals surface area contributed by atoms with Gasteiger partial charge in [0.1, 0.15) is 11.4 Å². The summed E-state index contributed by atoms with van der Waals surface area (Å²) in [4.78, 5) is 24.8. The second-order valence-electron chi connectivity index (χ2n) is 5.58. The Kier molecular flexibility index (Phi) is 6.25. The number of hydrogen-bond donors (Lipinski definition) is 1. The van der Waals surface area contributed by atoms with E-state index in [0.29, 0.717) is 18.2 Å². The highest BCUT2D eigenvalue weighted by atomic mass is 16.5. The van der Waals surface area contributed by atoms with Crippen LogP contribution in [0.4, 0.5) is 0 Å². The van der Waals surface area contributed by atoms with Crippen molar-refractivity contribution in [3.05, 3.63) is 66.2 Å². The van der Waals surface area contributed by atoms with Crippen molar-refractivity contribution in [3.63, 3.8) is 0 Å². The minimum Gasteiger partial charge on any atom is -0.494 e. The number of amides is 1. The number of hydrogen-bond acceptors (Lipinski definition) is 7. The number of nitrogens with zero attached hydrogens (tertiary/aromatic N) is 4. The predicted octanol–water partition coefficient (Wildman–Crippen LogP) is 2.71. The Morgan fingerprint density at radius 3 is 2.79 bits per heavy atom. The van der Waals surface area contributed by atoms with Crippen LogP contribution in [0.1, 0.15) is 23.0 Å². The minimum atomic E-state index is -0.461. The monoisotopic (exact) mass is 377 g/mol. The van der Waals surface area contributed by atoms with E-state index in [9.17, 15) is 4.79 Å². The summed E-state index contributed by atoms with van der Waals surface area (Å²) in [5.41, 5.74) is 4.75. The Morgan fingerprint density at radius 1 is 1.21 bits per heavy atom. The molecule has 28 heavy (non-hydrogen) atoms. The van der Waals surface area contributed by atoms with E-state index in [1.807, 2.05) is 31.2 Å². The fourth-order valence-corrected chi connectivity index (χ4v) is 2.34. The number of rotatable bonds is 7. The molecule has 0 atom stereocenters. The molecule has 1 N–H and O–H groups in total. The maximum absolute atomic E-state index is 12.3. The van der Waals surface area contributed by atoms with Crippen LogP contribution in [-0.2, 0) is 0 Å². The Morgan fingerprint density at radius 2 is 2.04 bits per heavy atom. The molecule has 0 aliphatic rings. The first kappa shape index (κ1) is 19.0. The van der Waals surface area contributed by atoms with E-state index in [1.165, 1.54) is 19.5 Å². The highest BCUT2D eigenvalue weighted by molar-refractivity contribution is 5.93. The predicted molar refractivity (Wildman–Crippen MR) is 104 cm³/mol. The zero-order chi connectivity index (χ0) is 19.8. The third-order valence-electron chi connectivity index (χ3n) is 3.68. The van der Waals surface area contributed by atoms with E-state index in [0.717, 1.165) is 16.9 Å². The van der Waals surface area contributed by atoms with Crippen LogP contribution in [0.3, 0.4) is 0 Å². The van der Waals surface area contributed by atoms with Crippen molar-refractivity contribution in [2.45, 2.75) is 6.92 Å². The van der Waals surface area contributed by atoms with Crippen molar-refractivity contribution in [2.75, 3.05) is 13.7 Å². The molecule has 8 nitrogen and oxygen atoms in total. The summed E-state index contributed by atoms with van der Waals surface area (Å²) in [6, 6.07) is 10.9. The second-order valence-corrected chi connectivity index (χ2v) is 5.58. The van der Waals surface area contributed by atoms with E-state index in [-0.39, 0.29) is 5.69 Å². The highest BCUT2D eigenvalue weighted by Gasteiger charge is 2.09. The van der Waals surface area contributed by atoms with Gasteiger partial charge in [-0.05, 0) is 37.3 Å².